The lowest BCUT2D eigenvalue weighted by atomic mass is 9.95. The molecule has 2 aliphatic rings. The van der Waals surface area contributed by atoms with Gasteiger partial charge in [-0.2, -0.15) is 0 Å². The van der Waals surface area contributed by atoms with E-state index >= 15 is 0 Å². The van der Waals surface area contributed by atoms with Crippen molar-refractivity contribution in [1.29, 1.82) is 0 Å². The fourth-order valence-electron chi connectivity index (χ4n) is 3.35. The Hall–Kier alpha value is -1.13. The molecule has 0 aliphatic carbocycles. The highest BCUT2D eigenvalue weighted by atomic mass is 16.3. The topological polar surface area (TPSA) is 39.6 Å². The maximum atomic E-state index is 9.55. The third kappa shape index (κ3) is 9.00. The number of rotatable bonds is 3. The van der Waals surface area contributed by atoms with Gasteiger partial charge in [0.05, 0.1) is 6.10 Å². The predicted molar refractivity (Wildman–Crippen MR) is 113 cm³/mol. The van der Waals surface area contributed by atoms with Crippen LogP contribution in [-0.4, -0.2) is 53.8 Å². The van der Waals surface area contributed by atoms with Gasteiger partial charge in [0.1, 0.15) is 5.82 Å². The molecule has 2 aliphatic heterocycles. The lowest BCUT2D eigenvalue weighted by molar-refractivity contribution is 0.0724. The molecule has 4 nitrogen and oxygen atoms in total. The van der Waals surface area contributed by atoms with Crippen LogP contribution in [0.1, 0.15) is 66.2 Å². The van der Waals surface area contributed by atoms with E-state index in [4.69, 9.17) is 0 Å². The molecule has 4 heteroatoms. The van der Waals surface area contributed by atoms with Gasteiger partial charge in [0.15, 0.2) is 0 Å². The molecule has 0 radical (unpaired) electrons. The molecule has 2 fully saturated rings. The molecule has 0 amide bonds. The van der Waals surface area contributed by atoms with Crippen LogP contribution >= 0.6 is 0 Å². The van der Waals surface area contributed by atoms with Crippen LogP contribution in [0.2, 0.25) is 0 Å². The van der Waals surface area contributed by atoms with Gasteiger partial charge in [-0.25, -0.2) is 4.98 Å². The minimum atomic E-state index is -0.0581. The summed E-state index contributed by atoms with van der Waals surface area (Å²) < 4.78 is 0. The first-order valence-corrected chi connectivity index (χ1v) is 10.7. The van der Waals surface area contributed by atoms with Crippen molar-refractivity contribution in [1.82, 2.24) is 9.88 Å². The molecule has 1 aromatic rings. The third-order valence-electron chi connectivity index (χ3n) is 4.66. The molecule has 2 saturated heterocycles. The van der Waals surface area contributed by atoms with Crippen LogP contribution < -0.4 is 4.90 Å². The number of anilines is 1. The molecule has 0 spiro atoms. The molecule has 3 rings (SSSR count). The van der Waals surface area contributed by atoms with Crippen LogP contribution in [0, 0.1) is 5.92 Å². The number of aromatic nitrogens is 1. The first kappa shape index (κ1) is 22.9. The molecule has 0 saturated carbocycles. The number of hydrogen-bond acceptors (Lipinski definition) is 4. The zero-order valence-corrected chi connectivity index (χ0v) is 17.5. The van der Waals surface area contributed by atoms with Crippen LogP contribution in [-0.2, 0) is 0 Å². The van der Waals surface area contributed by atoms with Crippen molar-refractivity contribution >= 4 is 5.82 Å². The Kier molecular flexibility index (Phi) is 12.3. The number of pyridine rings is 1. The highest BCUT2D eigenvalue weighted by molar-refractivity contribution is 5.37. The van der Waals surface area contributed by atoms with E-state index < -0.39 is 0 Å². The van der Waals surface area contributed by atoms with Gasteiger partial charge in [-0.15, -0.1) is 0 Å². The summed E-state index contributed by atoms with van der Waals surface area (Å²) >= 11 is 0. The average molecular weight is 364 g/mol. The summed E-state index contributed by atoms with van der Waals surface area (Å²) in [6.07, 6.45) is 8.74. The van der Waals surface area contributed by atoms with E-state index in [1.54, 1.807) is 0 Å². The standard InChI is InChI=1S/C16H25N3O.2C3H8/c20-15-6-9-18(10-7-15)13-14-4-11-19(12-5-14)16-3-1-2-8-17-16;2*1-3-2/h1-3,8,14-15,20H,4-7,9-13H2;2*3H2,1-2H3. The summed E-state index contributed by atoms with van der Waals surface area (Å²) in [5.41, 5.74) is 0. The molecular weight excluding hydrogens is 322 g/mol. The van der Waals surface area contributed by atoms with E-state index in [1.165, 1.54) is 32.2 Å². The van der Waals surface area contributed by atoms with E-state index in [1.807, 2.05) is 12.3 Å². The average Bonchev–Trinajstić information content (AvgIpc) is 2.66. The van der Waals surface area contributed by atoms with Gasteiger partial charge in [-0.3, -0.25) is 0 Å². The van der Waals surface area contributed by atoms with E-state index in [0.717, 1.165) is 50.8 Å². The minimum Gasteiger partial charge on any atom is -0.393 e. The molecule has 0 atom stereocenters. The Labute approximate surface area is 161 Å². The van der Waals surface area contributed by atoms with Gasteiger partial charge in [0.25, 0.3) is 0 Å². The molecule has 150 valence electrons. The molecule has 0 unspecified atom stereocenters. The van der Waals surface area contributed by atoms with E-state index in [2.05, 4.69) is 54.6 Å². The lowest BCUT2D eigenvalue weighted by Gasteiger charge is -2.37. The molecule has 26 heavy (non-hydrogen) atoms. The summed E-state index contributed by atoms with van der Waals surface area (Å²) in [5.74, 6) is 1.93. The quantitative estimate of drug-likeness (QED) is 0.853. The Bertz CT molecular complexity index is 422. The van der Waals surface area contributed by atoms with Crippen LogP contribution in [0.25, 0.3) is 0 Å². The second-order valence-corrected chi connectivity index (χ2v) is 7.56. The van der Waals surface area contributed by atoms with Crippen LogP contribution in [0.15, 0.2) is 24.4 Å². The molecular formula is C22H41N3O. The summed E-state index contributed by atoms with van der Waals surface area (Å²) in [6, 6.07) is 6.14. The Balaban J connectivity index is 0.000000499. The van der Waals surface area contributed by atoms with Crippen molar-refractivity contribution in [3.63, 3.8) is 0 Å². The summed E-state index contributed by atoms with van der Waals surface area (Å²) in [4.78, 5) is 9.37. The van der Waals surface area contributed by atoms with E-state index in [0.29, 0.717) is 0 Å². The lowest BCUT2D eigenvalue weighted by Crippen LogP contribution is -2.42. The zero-order chi connectivity index (χ0) is 19.2. The SMILES string of the molecule is CCC.CCC.OC1CCN(CC2CCN(c3ccccn3)CC2)CC1. The Morgan fingerprint density at radius 1 is 0.923 bits per heavy atom. The highest BCUT2D eigenvalue weighted by Crippen LogP contribution is 2.23. The Morgan fingerprint density at radius 3 is 2.00 bits per heavy atom. The maximum Gasteiger partial charge on any atom is 0.128 e. The van der Waals surface area contributed by atoms with Crippen molar-refractivity contribution in [2.75, 3.05) is 37.6 Å². The molecule has 0 bridgehead atoms. The molecule has 1 N–H and O–H groups in total. The smallest absolute Gasteiger partial charge is 0.128 e. The predicted octanol–water partition coefficient (Wildman–Crippen LogP) is 4.59. The Morgan fingerprint density at radius 2 is 1.50 bits per heavy atom. The van der Waals surface area contributed by atoms with Crippen molar-refractivity contribution in [3.05, 3.63) is 24.4 Å². The van der Waals surface area contributed by atoms with E-state index in [-0.39, 0.29) is 6.10 Å². The zero-order valence-electron chi connectivity index (χ0n) is 17.5. The number of aliphatic hydroxyl groups is 1. The minimum absolute atomic E-state index is 0.0581. The third-order valence-corrected chi connectivity index (χ3v) is 4.66. The highest BCUT2D eigenvalue weighted by Gasteiger charge is 2.24. The number of likely N-dealkylation sites (tertiary alicyclic amines) is 1. The van der Waals surface area contributed by atoms with Gasteiger partial charge < -0.3 is 14.9 Å². The monoisotopic (exact) mass is 363 g/mol. The molecule has 1 aromatic heterocycles. The van der Waals surface area contributed by atoms with Gasteiger partial charge in [-0.1, -0.05) is 46.6 Å². The number of nitrogens with zero attached hydrogens (tertiary/aromatic N) is 3. The van der Waals surface area contributed by atoms with Crippen molar-refractivity contribution in [2.45, 2.75) is 72.3 Å². The van der Waals surface area contributed by atoms with E-state index in [9.17, 15) is 5.11 Å². The summed E-state index contributed by atoms with van der Waals surface area (Å²) in [6.45, 7) is 14.1. The second-order valence-electron chi connectivity index (χ2n) is 7.56. The van der Waals surface area contributed by atoms with Gasteiger partial charge in [0.2, 0.25) is 0 Å². The maximum absolute atomic E-state index is 9.55. The van der Waals surface area contributed by atoms with Crippen molar-refractivity contribution in [2.24, 2.45) is 5.92 Å². The van der Waals surface area contributed by atoms with Crippen molar-refractivity contribution < 1.29 is 5.11 Å². The normalized spacial score (nSPS) is 19.2. The van der Waals surface area contributed by atoms with Crippen LogP contribution in [0.4, 0.5) is 5.82 Å². The van der Waals surface area contributed by atoms with Gasteiger partial charge in [-0.05, 0) is 43.7 Å². The van der Waals surface area contributed by atoms with Gasteiger partial charge in [0, 0.05) is 38.9 Å². The van der Waals surface area contributed by atoms with Crippen LogP contribution in [0.3, 0.4) is 0 Å². The number of piperidine rings is 2. The first-order chi connectivity index (χ1) is 12.6. The number of aliphatic hydroxyl groups excluding tert-OH is 1. The first-order valence-electron chi connectivity index (χ1n) is 10.7. The van der Waals surface area contributed by atoms with Crippen LogP contribution in [0.5, 0.6) is 0 Å². The second kappa shape index (κ2) is 14.0. The summed E-state index contributed by atoms with van der Waals surface area (Å²) in [5, 5.41) is 9.55. The number of hydrogen-bond donors (Lipinski definition) is 1. The molecule has 3 heterocycles. The molecule has 0 aromatic carbocycles. The summed E-state index contributed by atoms with van der Waals surface area (Å²) in [7, 11) is 0. The fraction of sp³-hybridized carbons (Fsp3) is 0.773. The van der Waals surface area contributed by atoms with Crippen molar-refractivity contribution in [3.8, 4) is 0 Å². The van der Waals surface area contributed by atoms with Gasteiger partial charge >= 0.3 is 0 Å². The largest absolute Gasteiger partial charge is 0.393 e. The fourth-order valence-corrected chi connectivity index (χ4v) is 3.35.